The van der Waals surface area contributed by atoms with Gasteiger partial charge in [-0.1, -0.05) is 47.5 Å². The van der Waals surface area contributed by atoms with Gasteiger partial charge >= 0.3 is 0 Å². The molecule has 2 N–H and O–H groups in total. The van der Waals surface area contributed by atoms with E-state index in [0.717, 1.165) is 36.8 Å². The number of carbonyl (C=O) groups excluding carboxylic acids is 2. The second-order valence-corrected chi connectivity index (χ2v) is 5.75. The number of rotatable bonds is 3. The first-order chi connectivity index (χ1) is 11.7. The fourth-order valence-electron chi connectivity index (χ4n) is 2.67. The van der Waals surface area contributed by atoms with Gasteiger partial charge in [-0.15, -0.1) is 0 Å². The van der Waals surface area contributed by atoms with E-state index in [9.17, 15) is 9.59 Å². The van der Waals surface area contributed by atoms with Crippen molar-refractivity contribution < 1.29 is 14.1 Å². The Balaban J connectivity index is 1.55. The topological polar surface area (TPSA) is 84.2 Å². The first-order valence-corrected chi connectivity index (χ1v) is 8.04. The second kappa shape index (κ2) is 7.59. The van der Waals surface area contributed by atoms with Crippen LogP contribution in [0.1, 0.15) is 42.6 Å². The summed E-state index contributed by atoms with van der Waals surface area (Å²) in [4.78, 5) is 23.8. The Morgan fingerprint density at radius 3 is 2.54 bits per heavy atom. The number of hydrogen-bond acceptors (Lipinski definition) is 4. The van der Waals surface area contributed by atoms with Crippen molar-refractivity contribution in [1.82, 2.24) is 16.0 Å². The van der Waals surface area contributed by atoms with E-state index in [4.69, 9.17) is 4.52 Å². The number of nitrogens with zero attached hydrogens (tertiary/aromatic N) is 1. The van der Waals surface area contributed by atoms with E-state index in [1.165, 1.54) is 12.5 Å². The van der Waals surface area contributed by atoms with Crippen molar-refractivity contribution in [3.05, 3.63) is 53.7 Å². The number of hydrogen-bond donors (Lipinski definition) is 2. The van der Waals surface area contributed by atoms with Crippen LogP contribution in [0.5, 0.6) is 0 Å². The van der Waals surface area contributed by atoms with Gasteiger partial charge in [0.1, 0.15) is 0 Å². The number of nitrogens with one attached hydrogen (secondary N) is 2. The summed E-state index contributed by atoms with van der Waals surface area (Å²) in [6.45, 7) is 0. The van der Waals surface area contributed by atoms with Gasteiger partial charge in [-0.3, -0.25) is 20.4 Å². The minimum Gasteiger partial charge on any atom is -0.355 e. The minimum absolute atomic E-state index is 0.111. The molecule has 6 heteroatoms. The van der Waals surface area contributed by atoms with Gasteiger partial charge in [-0.2, -0.15) is 0 Å². The maximum absolute atomic E-state index is 12.0. The molecule has 1 fully saturated rings. The average Bonchev–Trinajstić information content (AvgIpc) is 3.11. The van der Waals surface area contributed by atoms with Gasteiger partial charge in [0, 0.05) is 17.7 Å². The first kappa shape index (κ1) is 16.0. The summed E-state index contributed by atoms with van der Waals surface area (Å²) in [7, 11) is 0. The summed E-state index contributed by atoms with van der Waals surface area (Å²) in [6.07, 6.45) is 6.92. The van der Waals surface area contributed by atoms with Crippen molar-refractivity contribution in [2.45, 2.75) is 32.1 Å². The van der Waals surface area contributed by atoms with E-state index in [0.29, 0.717) is 5.76 Å². The molecule has 2 amide bonds. The van der Waals surface area contributed by atoms with Crippen molar-refractivity contribution in [3.63, 3.8) is 0 Å². The highest BCUT2D eigenvalue weighted by atomic mass is 16.5. The molecule has 1 aromatic carbocycles. The highest BCUT2D eigenvalue weighted by Gasteiger charge is 2.14. The highest BCUT2D eigenvalue weighted by Crippen LogP contribution is 2.22. The Hall–Kier alpha value is -2.89. The van der Waals surface area contributed by atoms with Gasteiger partial charge in [0.2, 0.25) is 0 Å². The first-order valence-electron chi connectivity index (χ1n) is 8.04. The lowest BCUT2D eigenvalue weighted by Gasteiger charge is -2.13. The van der Waals surface area contributed by atoms with Gasteiger partial charge in [-0.05, 0) is 25.7 Å². The normalized spacial score (nSPS) is 14.1. The molecule has 1 aliphatic rings. The molecule has 24 heavy (non-hydrogen) atoms. The molecule has 0 radical (unpaired) electrons. The molecule has 0 unspecified atom stereocenters. The summed E-state index contributed by atoms with van der Waals surface area (Å²) in [5, 5.41) is 3.73. The number of aromatic nitrogens is 1. The van der Waals surface area contributed by atoms with Crippen LogP contribution in [0.25, 0.3) is 11.3 Å². The molecule has 0 spiro atoms. The van der Waals surface area contributed by atoms with Crippen LogP contribution in [0.4, 0.5) is 0 Å². The molecule has 0 saturated heterocycles. The second-order valence-electron chi connectivity index (χ2n) is 5.75. The summed E-state index contributed by atoms with van der Waals surface area (Å²) in [5.74, 6) is -0.347. The Morgan fingerprint density at radius 1 is 1.04 bits per heavy atom. The van der Waals surface area contributed by atoms with Crippen LogP contribution in [0.2, 0.25) is 0 Å². The van der Waals surface area contributed by atoms with Crippen LogP contribution in [0.3, 0.4) is 0 Å². The Morgan fingerprint density at radius 2 is 1.79 bits per heavy atom. The molecule has 0 atom stereocenters. The summed E-state index contributed by atoms with van der Waals surface area (Å²) in [6, 6.07) is 10.9. The smallest absolute Gasteiger partial charge is 0.291 e. The van der Waals surface area contributed by atoms with Crippen molar-refractivity contribution >= 4 is 11.8 Å². The van der Waals surface area contributed by atoms with E-state index >= 15 is 0 Å². The Labute approximate surface area is 139 Å². The zero-order chi connectivity index (χ0) is 16.8. The predicted molar refractivity (Wildman–Crippen MR) is 88.7 cm³/mol. The van der Waals surface area contributed by atoms with Gasteiger partial charge in [-0.25, -0.2) is 0 Å². The number of hydrazine groups is 1. The lowest BCUT2D eigenvalue weighted by molar-refractivity contribution is -0.117. The van der Waals surface area contributed by atoms with Gasteiger partial charge in [0.05, 0.1) is 0 Å². The van der Waals surface area contributed by atoms with Crippen molar-refractivity contribution in [1.29, 1.82) is 0 Å². The third-order valence-electron chi connectivity index (χ3n) is 3.93. The van der Waals surface area contributed by atoms with Crippen LogP contribution in [0.15, 0.2) is 52.6 Å². The molecule has 124 valence electrons. The SMILES string of the molecule is O=C(C=C1CCCCC1)NNC(=O)c1cc(-c2ccccc2)on1. The quantitative estimate of drug-likeness (QED) is 0.671. The van der Waals surface area contributed by atoms with Crippen molar-refractivity contribution in [3.8, 4) is 11.3 Å². The fourth-order valence-corrected chi connectivity index (χ4v) is 2.67. The van der Waals surface area contributed by atoms with Crippen LogP contribution < -0.4 is 10.9 Å². The molecular formula is C18H19N3O3. The molecule has 0 bridgehead atoms. The third-order valence-corrected chi connectivity index (χ3v) is 3.93. The van der Waals surface area contributed by atoms with E-state index in [-0.39, 0.29) is 11.6 Å². The molecule has 0 aliphatic heterocycles. The van der Waals surface area contributed by atoms with Crippen LogP contribution in [0, 0.1) is 0 Å². The Kier molecular flexibility index (Phi) is 5.05. The number of allylic oxidation sites excluding steroid dienone is 1. The number of amides is 2. The predicted octanol–water partition coefficient (Wildman–Crippen LogP) is 2.99. The Bertz CT molecular complexity index is 742. The summed E-state index contributed by atoms with van der Waals surface area (Å²) >= 11 is 0. The molecule has 1 heterocycles. The lowest BCUT2D eigenvalue weighted by atomic mass is 9.95. The van der Waals surface area contributed by atoms with E-state index in [1.54, 1.807) is 6.08 Å². The van der Waals surface area contributed by atoms with Crippen molar-refractivity contribution in [2.24, 2.45) is 0 Å². The van der Waals surface area contributed by atoms with E-state index in [2.05, 4.69) is 16.0 Å². The monoisotopic (exact) mass is 325 g/mol. The molecule has 1 aliphatic carbocycles. The number of benzene rings is 1. The minimum atomic E-state index is -0.517. The van der Waals surface area contributed by atoms with E-state index in [1.807, 2.05) is 30.3 Å². The van der Waals surface area contributed by atoms with Gasteiger partial charge in [0.15, 0.2) is 11.5 Å². The lowest BCUT2D eigenvalue weighted by Crippen LogP contribution is -2.41. The largest absolute Gasteiger partial charge is 0.355 e. The maximum atomic E-state index is 12.0. The van der Waals surface area contributed by atoms with Gasteiger partial charge in [0.25, 0.3) is 11.8 Å². The van der Waals surface area contributed by atoms with Crippen LogP contribution in [-0.4, -0.2) is 17.0 Å². The molecule has 6 nitrogen and oxygen atoms in total. The molecule has 3 rings (SSSR count). The third kappa shape index (κ3) is 4.10. The van der Waals surface area contributed by atoms with E-state index < -0.39 is 5.91 Å². The zero-order valence-corrected chi connectivity index (χ0v) is 13.2. The highest BCUT2D eigenvalue weighted by molar-refractivity contribution is 5.96. The van der Waals surface area contributed by atoms with Crippen molar-refractivity contribution in [2.75, 3.05) is 0 Å². The van der Waals surface area contributed by atoms with Crippen LogP contribution in [-0.2, 0) is 4.79 Å². The standard InChI is InChI=1S/C18H19N3O3/c22-17(11-13-7-3-1-4-8-13)19-20-18(23)15-12-16(24-21-15)14-9-5-2-6-10-14/h2,5-6,9-12H,1,3-4,7-8H2,(H,19,22)(H,20,23). The summed E-state index contributed by atoms with van der Waals surface area (Å²) < 4.78 is 5.16. The van der Waals surface area contributed by atoms with Crippen LogP contribution >= 0.6 is 0 Å². The average molecular weight is 325 g/mol. The maximum Gasteiger partial charge on any atom is 0.291 e. The number of carbonyl (C=O) groups is 2. The summed E-state index contributed by atoms with van der Waals surface area (Å²) in [5.41, 5.74) is 6.79. The molecular weight excluding hydrogens is 306 g/mol. The molecule has 1 aromatic heterocycles. The zero-order valence-electron chi connectivity index (χ0n) is 13.2. The molecule has 1 saturated carbocycles. The fraction of sp³-hybridized carbons (Fsp3) is 0.278. The molecule has 2 aromatic rings. The van der Waals surface area contributed by atoms with Gasteiger partial charge < -0.3 is 4.52 Å².